The molecule has 0 unspecified atom stereocenters. The van der Waals surface area contributed by atoms with Crippen LogP contribution in [0.25, 0.3) is 0 Å². The lowest BCUT2D eigenvalue weighted by atomic mass is 9.90. The van der Waals surface area contributed by atoms with E-state index in [2.05, 4.69) is 0 Å². The Morgan fingerprint density at radius 1 is 1.42 bits per heavy atom. The van der Waals surface area contributed by atoms with Gasteiger partial charge in [0, 0.05) is 12.3 Å². The highest BCUT2D eigenvalue weighted by molar-refractivity contribution is 7.90. The van der Waals surface area contributed by atoms with E-state index in [1.54, 1.807) is 0 Å². The molecule has 0 aliphatic heterocycles. The minimum Gasteiger partial charge on any atom is -0.483 e. The van der Waals surface area contributed by atoms with Crippen LogP contribution in [0.15, 0.2) is 23.1 Å². The normalized spacial score (nSPS) is 22.6. The van der Waals surface area contributed by atoms with E-state index in [0.29, 0.717) is 12.8 Å². The average Bonchev–Trinajstić information content (AvgIpc) is 2.25. The van der Waals surface area contributed by atoms with Gasteiger partial charge in [-0.25, -0.2) is 8.42 Å². The van der Waals surface area contributed by atoms with Gasteiger partial charge < -0.3 is 10.5 Å². The first kappa shape index (κ1) is 13.8. The van der Waals surface area contributed by atoms with Crippen molar-refractivity contribution in [3.05, 3.63) is 28.3 Å². The van der Waals surface area contributed by atoms with E-state index in [1.807, 2.05) is 0 Å². The summed E-state index contributed by atoms with van der Waals surface area (Å²) < 4.78 is 28.6. The molecule has 0 spiro atoms. The monoisotopic (exact) mass is 286 g/mol. The number of nitrogens with zero attached hydrogens (tertiary/aromatic N) is 1. The standard InChI is InChI=1S/C11H14N2O5S/c1-19(16,17)10-4-2-3-9(11(10)13(14)15)18-8-5-7(12)6-8/h2-4,7-8H,5-6,12H2,1H3. The topological polar surface area (TPSA) is 113 Å². The summed E-state index contributed by atoms with van der Waals surface area (Å²) in [5, 5.41) is 11.1. The zero-order valence-corrected chi connectivity index (χ0v) is 11.1. The Hall–Kier alpha value is -1.67. The van der Waals surface area contributed by atoms with Gasteiger partial charge in [-0.1, -0.05) is 6.07 Å². The number of hydrogen-bond donors (Lipinski definition) is 1. The molecule has 104 valence electrons. The first-order valence-electron chi connectivity index (χ1n) is 5.68. The number of nitro benzene ring substituents is 1. The Balaban J connectivity index is 2.40. The molecule has 1 aliphatic carbocycles. The number of hydrogen-bond acceptors (Lipinski definition) is 6. The highest BCUT2D eigenvalue weighted by atomic mass is 32.2. The summed E-state index contributed by atoms with van der Waals surface area (Å²) in [5.74, 6) is -0.0233. The third-order valence-corrected chi connectivity index (χ3v) is 4.10. The summed E-state index contributed by atoms with van der Waals surface area (Å²) in [7, 11) is -3.68. The van der Waals surface area contributed by atoms with Crippen LogP contribution in [0, 0.1) is 10.1 Å². The van der Waals surface area contributed by atoms with Crippen molar-refractivity contribution in [2.24, 2.45) is 5.73 Å². The van der Waals surface area contributed by atoms with Crippen LogP contribution >= 0.6 is 0 Å². The van der Waals surface area contributed by atoms with Gasteiger partial charge in [-0.15, -0.1) is 0 Å². The quantitative estimate of drug-likeness (QED) is 0.649. The van der Waals surface area contributed by atoms with Gasteiger partial charge in [0.15, 0.2) is 15.6 Å². The van der Waals surface area contributed by atoms with Crippen LogP contribution in [-0.2, 0) is 9.84 Å². The van der Waals surface area contributed by atoms with Crippen molar-refractivity contribution in [1.82, 2.24) is 0 Å². The number of ether oxygens (including phenoxy) is 1. The van der Waals surface area contributed by atoms with Gasteiger partial charge >= 0.3 is 5.69 Å². The highest BCUT2D eigenvalue weighted by Gasteiger charge is 2.32. The number of rotatable bonds is 4. The smallest absolute Gasteiger partial charge is 0.329 e. The zero-order valence-electron chi connectivity index (χ0n) is 10.3. The van der Waals surface area contributed by atoms with Gasteiger partial charge in [0.1, 0.15) is 11.0 Å². The van der Waals surface area contributed by atoms with Crippen molar-refractivity contribution >= 4 is 15.5 Å². The van der Waals surface area contributed by atoms with Crippen molar-refractivity contribution in [3.63, 3.8) is 0 Å². The SMILES string of the molecule is CS(=O)(=O)c1cccc(OC2CC(N)C2)c1[N+](=O)[O-]. The van der Waals surface area contributed by atoms with Crippen molar-refractivity contribution in [2.75, 3.05) is 6.26 Å². The fourth-order valence-corrected chi connectivity index (χ4v) is 2.81. The number of para-hydroxylation sites is 1. The Morgan fingerprint density at radius 3 is 2.53 bits per heavy atom. The predicted molar refractivity (Wildman–Crippen MR) is 67.8 cm³/mol. The second-order valence-corrected chi connectivity index (χ2v) is 6.59. The first-order chi connectivity index (χ1) is 8.79. The minimum absolute atomic E-state index is 0.0233. The molecule has 1 aromatic rings. The molecule has 7 nitrogen and oxygen atoms in total. The largest absolute Gasteiger partial charge is 0.483 e. The van der Waals surface area contributed by atoms with Crippen LogP contribution in [0.1, 0.15) is 12.8 Å². The molecule has 0 radical (unpaired) electrons. The van der Waals surface area contributed by atoms with E-state index in [-0.39, 0.29) is 22.8 Å². The summed E-state index contributed by atoms with van der Waals surface area (Å²) in [6.45, 7) is 0. The second kappa shape index (κ2) is 4.78. The average molecular weight is 286 g/mol. The summed E-state index contributed by atoms with van der Waals surface area (Å²) in [4.78, 5) is 10.0. The van der Waals surface area contributed by atoms with Crippen LogP contribution in [0.3, 0.4) is 0 Å². The van der Waals surface area contributed by atoms with E-state index < -0.39 is 20.4 Å². The lowest BCUT2D eigenvalue weighted by Gasteiger charge is -2.32. The van der Waals surface area contributed by atoms with E-state index in [0.717, 1.165) is 6.26 Å². The molecule has 0 heterocycles. The molecule has 1 aromatic carbocycles. The maximum absolute atomic E-state index is 11.6. The van der Waals surface area contributed by atoms with Gasteiger partial charge in [-0.05, 0) is 25.0 Å². The van der Waals surface area contributed by atoms with Gasteiger partial charge in [-0.3, -0.25) is 10.1 Å². The number of nitrogens with two attached hydrogens (primary N) is 1. The van der Waals surface area contributed by atoms with Gasteiger partial charge in [0.2, 0.25) is 0 Å². The van der Waals surface area contributed by atoms with E-state index in [9.17, 15) is 18.5 Å². The molecule has 0 atom stereocenters. The van der Waals surface area contributed by atoms with Crippen molar-refractivity contribution < 1.29 is 18.1 Å². The molecule has 2 N–H and O–H groups in total. The Bertz CT molecular complexity index is 608. The molecule has 0 aromatic heterocycles. The maximum Gasteiger partial charge on any atom is 0.329 e. The summed E-state index contributed by atoms with van der Waals surface area (Å²) in [5.41, 5.74) is 5.10. The van der Waals surface area contributed by atoms with Crippen LogP contribution < -0.4 is 10.5 Å². The minimum atomic E-state index is -3.68. The molecule has 0 saturated heterocycles. The zero-order chi connectivity index (χ0) is 14.2. The molecular formula is C11H14N2O5S. The molecule has 8 heteroatoms. The fourth-order valence-electron chi connectivity index (χ4n) is 1.96. The molecule has 1 aliphatic rings. The van der Waals surface area contributed by atoms with Crippen LogP contribution in [-0.4, -0.2) is 31.7 Å². The number of benzene rings is 1. The van der Waals surface area contributed by atoms with Crippen molar-refractivity contribution in [1.29, 1.82) is 0 Å². The molecule has 19 heavy (non-hydrogen) atoms. The third kappa shape index (κ3) is 2.85. The van der Waals surface area contributed by atoms with Crippen LogP contribution in [0.5, 0.6) is 5.75 Å². The lowest BCUT2D eigenvalue weighted by molar-refractivity contribution is -0.389. The summed E-state index contributed by atoms with van der Waals surface area (Å²) in [6.07, 6.45) is 1.96. The molecule has 1 saturated carbocycles. The summed E-state index contributed by atoms with van der Waals surface area (Å²) in [6, 6.07) is 4.07. The first-order valence-corrected chi connectivity index (χ1v) is 7.58. The summed E-state index contributed by atoms with van der Waals surface area (Å²) >= 11 is 0. The number of nitro groups is 1. The maximum atomic E-state index is 11.6. The Morgan fingerprint density at radius 2 is 2.05 bits per heavy atom. The van der Waals surface area contributed by atoms with Crippen LogP contribution in [0.4, 0.5) is 5.69 Å². The third-order valence-electron chi connectivity index (χ3n) is 2.97. The van der Waals surface area contributed by atoms with E-state index in [1.165, 1.54) is 18.2 Å². The highest BCUT2D eigenvalue weighted by Crippen LogP contribution is 2.36. The molecule has 0 amide bonds. The molecular weight excluding hydrogens is 272 g/mol. The molecule has 2 rings (SSSR count). The molecule has 0 bridgehead atoms. The van der Waals surface area contributed by atoms with Gasteiger partial charge in [0.05, 0.1) is 4.92 Å². The Kier molecular flexibility index (Phi) is 3.46. The predicted octanol–water partition coefficient (Wildman–Crippen LogP) is 0.867. The second-order valence-electron chi connectivity index (χ2n) is 4.60. The lowest BCUT2D eigenvalue weighted by Crippen LogP contribution is -2.43. The fraction of sp³-hybridized carbons (Fsp3) is 0.455. The van der Waals surface area contributed by atoms with Gasteiger partial charge in [0.25, 0.3) is 0 Å². The Labute approximate surface area is 110 Å². The molecule has 1 fully saturated rings. The van der Waals surface area contributed by atoms with E-state index >= 15 is 0 Å². The number of sulfone groups is 1. The van der Waals surface area contributed by atoms with Gasteiger partial charge in [-0.2, -0.15) is 0 Å². The van der Waals surface area contributed by atoms with Crippen molar-refractivity contribution in [3.8, 4) is 5.75 Å². The van der Waals surface area contributed by atoms with E-state index in [4.69, 9.17) is 10.5 Å². The van der Waals surface area contributed by atoms with Crippen molar-refractivity contribution in [2.45, 2.75) is 29.9 Å². The van der Waals surface area contributed by atoms with Crippen LogP contribution in [0.2, 0.25) is 0 Å².